The number of unbranched alkanes of at least 4 members (excludes halogenated alkanes) is 4. The van der Waals surface area contributed by atoms with Crippen LogP contribution in [0.1, 0.15) is 51.9 Å². The second kappa shape index (κ2) is 10.5. The van der Waals surface area contributed by atoms with Crippen molar-refractivity contribution in [3.63, 3.8) is 0 Å². The number of carbonyl (C=O) groups is 1. The van der Waals surface area contributed by atoms with E-state index in [1.807, 2.05) is 0 Å². The van der Waals surface area contributed by atoms with E-state index in [2.05, 4.69) is 6.92 Å². The molecule has 0 aromatic rings. The molecule has 1 unspecified atom stereocenters. The molecule has 0 amide bonds. The normalized spacial score (nSPS) is 12.9. The molecule has 0 radical (unpaired) electrons. The van der Waals surface area contributed by atoms with Gasteiger partial charge in [0, 0.05) is 12.8 Å². The molecule has 5 nitrogen and oxygen atoms in total. The first-order valence-corrected chi connectivity index (χ1v) is 6.99. The Kier molecular flexibility index (Phi) is 12.2. The number of carbonyl (C=O) groups excluding carboxylic acids is 1. The minimum absolute atomic E-state index is 0. The Balaban J connectivity index is 0. The van der Waals surface area contributed by atoms with Crippen LogP contribution in [0, 0.1) is 0 Å². The van der Waals surface area contributed by atoms with E-state index in [-0.39, 0.29) is 41.8 Å². The number of Topliss-reactive ketones (excluding diaryl/α,β-unsaturated/α-hetero) is 1. The third-order valence-electron chi connectivity index (χ3n) is 2.29. The first kappa shape index (κ1) is 19.9. The summed E-state index contributed by atoms with van der Waals surface area (Å²) in [5.74, 6) is -0.372. The van der Waals surface area contributed by atoms with E-state index in [1.165, 1.54) is 0 Å². The van der Waals surface area contributed by atoms with Crippen LogP contribution in [0.4, 0.5) is 0 Å². The van der Waals surface area contributed by atoms with E-state index in [4.69, 9.17) is 5.11 Å². The van der Waals surface area contributed by atoms with Crippen molar-refractivity contribution in [2.75, 3.05) is 0 Å². The molecule has 0 saturated heterocycles. The molecule has 1 N–H and O–H groups in total. The number of aliphatic hydroxyl groups excluding tert-OH is 1. The van der Waals surface area contributed by atoms with Gasteiger partial charge in [-0.25, -0.2) is 8.42 Å². The fraction of sp³-hybridized carbons (Fsp3) is 0.900. The van der Waals surface area contributed by atoms with Crippen LogP contribution in [-0.4, -0.2) is 29.3 Å². The molecular formula is C10H19NaO5S. The van der Waals surface area contributed by atoms with Crippen molar-refractivity contribution in [1.82, 2.24) is 0 Å². The summed E-state index contributed by atoms with van der Waals surface area (Å²) in [5.41, 5.74) is -2.09. The summed E-state index contributed by atoms with van der Waals surface area (Å²) in [6.07, 6.45) is 4.53. The Morgan fingerprint density at radius 3 is 2.24 bits per heavy atom. The zero-order valence-electron chi connectivity index (χ0n) is 10.5. The van der Waals surface area contributed by atoms with Crippen LogP contribution in [0.5, 0.6) is 0 Å². The monoisotopic (exact) mass is 274 g/mol. The van der Waals surface area contributed by atoms with Gasteiger partial charge in [-0.1, -0.05) is 32.6 Å². The molecule has 0 aliphatic heterocycles. The minimum atomic E-state index is -4.75. The van der Waals surface area contributed by atoms with Crippen molar-refractivity contribution < 1.29 is 52.4 Å². The predicted octanol–water partition coefficient (Wildman–Crippen LogP) is -1.83. The molecule has 1 atom stereocenters. The van der Waals surface area contributed by atoms with Crippen molar-refractivity contribution in [3.8, 4) is 0 Å². The number of hydrogen-bond donors (Lipinski definition) is 1. The van der Waals surface area contributed by atoms with Crippen LogP contribution in [0.25, 0.3) is 0 Å². The van der Waals surface area contributed by atoms with Crippen molar-refractivity contribution in [2.45, 2.75) is 57.3 Å². The third-order valence-corrected chi connectivity index (χ3v) is 3.13. The zero-order chi connectivity index (χ0) is 12.6. The first-order chi connectivity index (χ1) is 7.38. The summed E-state index contributed by atoms with van der Waals surface area (Å²) in [6, 6.07) is 0. The minimum Gasteiger partial charge on any atom is -0.746 e. The zero-order valence-corrected chi connectivity index (χ0v) is 13.3. The standard InChI is InChI=1S/C10H20O5S.Na/c1-2-3-4-5-6-7-9(11)8-10(12)16(13,14)15;/h10,12H,2-8H2,1H3,(H,13,14,15);/q;+1/p-1. The van der Waals surface area contributed by atoms with Crippen molar-refractivity contribution in [1.29, 1.82) is 0 Å². The molecule has 0 saturated carbocycles. The Morgan fingerprint density at radius 1 is 1.24 bits per heavy atom. The van der Waals surface area contributed by atoms with Crippen molar-refractivity contribution in [3.05, 3.63) is 0 Å². The SMILES string of the molecule is CCCCCCCC(=O)CC(O)S(=O)(=O)[O-].[Na+]. The van der Waals surface area contributed by atoms with E-state index in [1.54, 1.807) is 0 Å². The summed E-state index contributed by atoms with van der Waals surface area (Å²) < 4.78 is 31.0. The van der Waals surface area contributed by atoms with Crippen molar-refractivity contribution in [2.24, 2.45) is 0 Å². The van der Waals surface area contributed by atoms with Crippen LogP contribution in [-0.2, 0) is 14.9 Å². The fourth-order valence-corrected chi connectivity index (χ4v) is 1.71. The van der Waals surface area contributed by atoms with Crippen LogP contribution < -0.4 is 29.6 Å². The molecule has 96 valence electrons. The van der Waals surface area contributed by atoms with Gasteiger partial charge in [-0.05, 0) is 6.42 Å². The van der Waals surface area contributed by atoms with Gasteiger partial charge in [-0.3, -0.25) is 4.79 Å². The molecule has 7 heteroatoms. The number of hydrogen-bond acceptors (Lipinski definition) is 5. The fourth-order valence-electron chi connectivity index (χ4n) is 1.32. The van der Waals surface area contributed by atoms with Gasteiger partial charge in [0.2, 0.25) is 0 Å². The van der Waals surface area contributed by atoms with Gasteiger partial charge >= 0.3 is 29.6 Å². The molecule has 17 heavy (non-hydrogen) atoms. The molecule has 0 aromatic heterocycles. The molecule has 0 aliphatic rings. The number of ketones is 1. The van der Waals surface area contributed by atoms with Gasteiger partial charge in [0.15, 0.2) is 0 Å². The van der Waals surface area contributed by atoms with Crippen LogP contribution in [0.15, 0.2) is 0 Å². The van der Waals surface area contributed by atoms with Gasteiger partial charge < -0.3 is 9.66 Å². The van der Waals surface area contributed by atoms with Crippen LogP contribution in [0.3, 0.4) is 0 Å². The van der Waals surface area contributed by atoms with E-state index in [9.17, 15) is 17.8 Å². The molecule has 0 fully saturated rings. The van der Waals surface area contributed by atoms with Gasteiger partial charge in [0.25, 0.3) is 0 Å². The Hall–Kier alpha value is 0.540. The molecule has 0 rings (SSSR count). The quantitative estimate of drug-likeness (QED) is 0.303. The summed E-state index contributed by atoms with van der Waals surface area (Å²) >= 11 is 0. The van der Waals surface area contributed by atoms with Gasteiger partial charge in [0.05, 0.1) is 0 Å². The molecule has 0 heterocycles. The van der Waals surface area contributed by atoms with E-state index in [0.717, 1.165) is 25.7 Å². The second-order valence-electron chi connectivity index (χ2n) is 3.85. The van der Waals surface area contributed by atoms with Crippen LogP contribution >= 0.6 is 0 Å². The second-order valence-corrected chi connectivity index (χ2v) is 5.38. The average molecular weight is 274 g/mol. The predicted molar refractivity (Wildman–Crippen MR) is 58.7 cm³/mol. The maximum absolute atomic E-state index is 11.2. The topological polar surface area (TPSA) is 94.5 Å². The largest absolute Gasteiger partial charge is 1.00 e. The van der Waals surface area contributed by atoms with Crippen molar-refractivity contribution >= 4 is 15.9 Å². The smallest absolute Gasteiger partial charge is 0.746 e. The Morgan fingerprint density at radius 2 is 1.76 bits per heavy atom. The maximum atomic E-state index is 11.2. The van der Waals surface area contributed by atoms with Crippen LogP contribution in [0.2, 0.25) is 0 Å². The average Bonchev–Trinajstić information content (AvgIpc) is 2.16. The summed E-state index contributed by atoms with van der Waals surface area (Å²) in [4.78, 5) is 11.2. The Bertz CT molecular complexity index is 302. The summed E-state index contributed by atoms with van der Waals surface area (Å²) in [7, 11) is -4.75. The Labute approximate surface area is 125 Å². The van der Waals surface area contributed by atoms with E-state index < -0.39 is 22.0 Å². The van der Waals surface area contributed by atoms with Gasteiger partial charge in [-0.15, -0.1) is 0 Å². The summed E-state index contributed by atoms with van der Waals surface area (Å²) in [5, 5.41) is 8.88. The van der Waals surface area contributed by atoms with Gasteiger partial charge in [0.1, 0.15) is 21.3 Å². The molecule has 0 aliphatic carbocycles. The van der Waals surface area contributed by atoms with E-state index in [0.29, 0.717) is 6.42 Å². The third kappa shape index (κ3) is 11.4. The maximum Gasteiger partial charge on any atom is 1.00 e. The number of rotatable bonds is 9. The van der Waals surface area contributed by atoms with E-state index >= 15 is 0 Å². The molecule has 0 spiro atoms. The molecule has 0 aromatic carbocycles. The number of aliphatic hydroxyl groups is 1. The summed E-state index contributed by atoms with van der Waals surface area (Å²) in [6.45, 7) is 2.08. The molecular weight excluding hydrogens is 255 g/mol. The van der Waals surface area contributed by atoms with Gasteiger partial charge in [-0.2, -0.15) is 0 Å². The first-order valence-electron chi connectivity index (χ1n) is 5.52. The molecule has 0 bridgehead atoms.